The van der Waals surface area contributed by atoms with Gasteiger partial charge >= 0.3 is 12.1 Å². The molecule has 4 aromatic rings. The van der Waals surface area contributed by atoms with E-state index >= 15 is 0 Å². The summed E-state index contributed by atoms with van der Waals surface area (Å²) < 4.78 is 4.84. The number of rotatable bonds is 17. The molecule has 61 heavy (non-hydrogen) atoms. The Bertz CT molecular complexity index is 2060. The van der Waals surface area contributed by atoms with Gasteiger partial charge in [-0.1, -0.05) is 116 Å². The maximum Gasteiger partial charge on any atom is 0.407 e. The normalized spacial score (nSPS) is 15.8. The Kier molecular flexibility index (Phi) is 15.7. The molecular weight excluding hydrogens is 791 g/mol. The molecule has 0 radical (unpaired) electrons. The second-order valence-corrected chi connectivity index (χ2v) is 19.3. The number of methoxy groups -OCH3 is 1. The Balaban J connectivity index is 1.41. The van der Waals surface area contributed by atoms with Crippen LogP contribution < -0.4 is 16.0 Å². The molecule has 5 atom stereocenters. The van der Waals surface area contributed by atoms with E-state index in [2.05, 4.69) is 34.8 Å². The van der Waals surface area contributed by atoms with Gasteiger partial charge in [0.25, 0.3) is 0 Å². The third-order valence-electron chi connectivity index (χ3n) is 10.9. The maximum absolute atomic E-state index is 14.6. The molecule has 13 nitrogen and oxygen atoms in total. The molecule has 1 aliphatic heterocycles. The average Bonchev–Trinajstić information content (AvgIpc) is 3.83. The number of aromatic nitrogens is 2. The van der Waals surface area contributed by atoms with E-state index < -0.39 is 53.1 Å². The molecule has 5 unspecified atom stereocenters. The first kappa shape index (κ1) is 46.7. The Morgan fingerprint density at radius 1 is 0.836 bits per heavy atom. The molecular formula is C47H63N7O6S. The van der Waals surface area contributed by atoms with E-state index in [9.17, 15) is 24.3 Å². The van der Waals surface area contributed by atoms with Gasteiger partial charge in [0.1, 0.15) is 12.1 Å². The first-order valence-electron chi connectivity index (χ1n) is 21.0. The van der Waals surface area contributed by atoms with Crippen LogP contribution >= 0.6 is 11.3 Å². The van der Waals surface area contributed by atoms with E-state index in [4.69, 9.17) is 9.72 Å². The van der Waals surface area contributed by atoms with Crippen LogP contribution in [0, 0.1) is 10.8 Å². The maximum atomic E-state index is 14.6. The van der Waals surface area contributed by atoms with Crippen molar-refractivity contribution in [1.82, 2.24) is 35.7 Å². The molecule has 0 bridgehead atoms. The van der Waals surface area contributed by atoms with Gasteiger partial charge in [-0.25, -0.2) is 14.6 Å². The highest BCUT2D eigenvalue weighted by Gasteiger charge is 2.44. The van der Waals surface area contributed by atoms with Crippen molar-refractivity contribution >= 4 is 35.3 Å². The lowest BCUT2D eigenvalue weighted by molar-refractivity contribution is -0.130. The van der Waals surface area contributed by atoms with E-state index in [1.165, 1.54) is 7.11 Å². The molecule has 5 amide bonds. The van der Waals surface area contributed by atoms with Crippen molar-refractivity contribution in [2.24, 2.45) is 10.8 Å². The standard InChI is InChI=1S/C47H63N7O6S/c1-30(2)43-50-35(29-61-43)28-53-23-24-54(45(53)59)40(47(6,7)8)42(57)49-34(25-31-15-11-10-12-16-31)27-38(55)37(51-41(56)39(46(3,4)5)52-44(58)60-9)26-32-18-20-33(21-19-32)36-17-13-14-22-48-36/h10-22,29-30,34,37-40,55H,23-28H2,1-9H3,(H,49,57)(H,51,56)(H,52,58). The van der Waals surface area contributed by atoms with Crippen LogP contribution in [0.2, 0.25) is 0 Å². The second-order valence-electron chi connectivity index (χ2n) is 18.4. The first-order valence-corrected chi connectivity index (χ1v) is 21.9. The van der Waals surface area contributed by atoms with Crippen molar-refractivity contribution < 1.29 is 29.0 Å². The van der Waals surface area contributed by atoms with Gasteiger partial charge in [0.05, 0.1) is 42.2 Å². The zero-order valence-corrected chi connectivity index (χ0v) is 37.8. The number of aliphatic hydroxyl groups is 1. The van der Waals surface area contributed by atoms with Crippen LogP contribution in [-0.2, 0) is 33.7 Å². The minimum absolute atomic E-state index is 0.0706. The zero-order chi connectivity index (χ0) is 44.5. The molecule has 5 rings (SSSR count). The minimum Gasteiger partial charge on any atom is -0.453 e. The lowest BCUT2D eigenvalue weighted by atomic mass is 9.84. The molecule has 0 saturated carbocycles. The Morgan fingerprint density at radius 3 is 2.10 bits per heavy atom. The van der Waals surface area contributed by atoms with E-state index in [-0.39, 0.29) is 24.8 Å². The number of pyridine rings is 1. The number of hydrogen-bond acceptors (Lipinski definition) is 9. The summed E-state index contributed by atoms with van der Waals surface area (Å²) in [5.41, 5.74) is 3.02. The smallest absolute Gasteiger partial charge is 0.407 e. The summed E-state index contributed by atoms with van der Waals surface area (Å²) in [5.74, 6) is -0.522. The molecule has 2 aromatic carbocycles. The van der Waals surface area contributed by atoms with Gasteiger partial charge in [-0.15, -0.1) is 11.3 Å². The van der Waals surface area contributed by atoms with Gasteiger partial charge in [-0.05, 0) is 53.4 Å². The van der Waals surface area contributed by atoms with Crippen LogP contribution in [0.4, 0.5) is 9.59 Å². The number of amides is 5. The number of nitrogens with one attached hydrogen (secondary N) is 3. The van der Waals surface area contributed by atoms with Crippen LogP contribution in [0.15, 0.2) is 84.4 Å². The van der Waals surface area contributed by atoms with Crippen molar-refractivity contribution in [2.75, 3.05) is 20.2 Å². The summed E-state index contributed by atoms with van der Waals surface area (Å²) in [6.45, 7) is 16.7. The largest absolute Gasteiger partial charge is 0.453 e. The van der Waals surface area contributed by atoms with Gasteiger partial charge in [0, 0.05) is 42.2 Å². The summed E-state index contributed by atoms with van der Waals surface area (Å²) in [4.78, 5) is 67.7. The van der Waals surface area contributed by atoms with Gasteiger partial charge in [0.15, 0.2) is 0 Å². The van der Waals surface area contributed by atoms with Crippen molar-refractivity contribution in [3.8, 4) is 11.3 Å². The molecule has 4 N–H and O–H groups in total. The topological polar surface area (TPSA) is 166 Å². The van der Waals surface area contributed by atoms with Crippen LogP contribution in [0.1, 0.15) is 89.6 Å². The zero-order valence-electron chi connectivity index (χ0n) is 37.0. The molecule has 0 spiro atoms. The highest BCUT2D eigenvalue weighted by molar-refractivity contribution is 7.09. The second kappa shape index (κ2) is 20.5. The lowest BCUT2D eigenvalue weighted by Gasteiger charge is -2.38. The van der Waals surface area contributed by atoms with Gasteiger partial charge in [-0.3, -0.25) is 14.6 Å². The van der Waals surface area contributed by atoms with Crippen LogP contribution in [0.5, 0.6) is 0 Å². The minimum atomic E-state index is -1.15. The number of carbonyl (C=O) groups is 4. The monoisotopic (exact) mass is 853 g/mol. The summed E-state index contributed by atoms with van der Waals surface area (Å²) in [7, 11) is 1.24. The van der Waals surface area contributed by atoms with Crippen LogP contribution in [-0.4, -0.2) is 99.3 Å². The summed E-state index contributed by atoms with van der Waals surface area (Å²) in [6, 6.07) is 19.7. The van der Waals surface area contributed by atoms with E-state index in [0.717, 1.165) is 33.1 Å². The third kappa shape index (κ3) is 12.8. The van der Waals surface area contributed by atoms with E-state index in [1.54, 1.807) is 27.3 Å². The number of benzene rings is 2. The van der Waals surface area contributed by atoms with Crippen LogP contribution in [0.3, 0.4) is 0 Å². The summed E-state index contributed by atoms with van der Waals surface area (Å²) in [5, 5.41) is 24.2. The molecule has 1 saturated heterocycles. The number of thiazole rings is 1. The Hall–Kier alpha value is -5.34. The quantitative estimate of drug-likeness (QED) is 0.0886. The number of hydrogen-bond donors (Lipinski definition) is 4. The highest BCUT2D eigenvalue weighted by atomic mass is 32.1. The Morgan fingerprint density at radius 2 is 1.51 bits per heavy atom. The van der Waals surface area contributed by atoms with Gasteiger partial charge in [-0.2, -0.15) is 0 Å². The molecule has 14 heteroatoms. The van der Waals surface area contributed by atoms with Crippen molar-refractivity contribution in [1.29, 1.82) is 0 Å². The fourth-order valence-electron chi connectivity index (χ4n) is 7.67. The number of urea groups is 1. The molecule has 328 valence electrons. The average molecular weight is 854 g/mol. The van der Waals surface area contributed by atoms with Crippen molar-refractivity contribution in [2.45, 2.75) is 117 Å². The number of ether oxygens (including phenoxy) is 1. The first-order chi connectivity index (χ1) is 28.8. The third-order valence-corrected chi connectivity index (χ3v) is 12.1. The van der Waals surface area contributed by atoms with E-state index in [1.807, 2.05) is 120 Å². The predicted octanol–water partition coefficient (Wildman–Crippen LogP) is 6.96. The van der Waals surface area contributed by atoms with Crippen molar-refractivity contribution in [3.63, 3.8) is 0 Å². The molecule has 2 aromatic heterocycles. The number of alkyl carbamates (subject to hydrolysis) is 1. The molecule has 1 fully saturated rings. The highest BCUT2D eigenvalue weighted by Crippen LogP contribution is 2.30. The van der Waals surface area contributed by atoms with Crippen LogP contribution in [0.25, 0.3) is 11.3 Å². The molecule has 1 aliphatic rings. The predicted molar refractivity (Wildman–Crippen MR) is 239 cm³/mol. The number of nitrogens with zero attached hydrogens (tertiary/aromatic N) is 4. The van der Waals surface area contributed by atoms with Crippen molar-refractivity contribution in [3.05, 3.63) is 106 Å². The number of aliphatic hydroxyl groups excluding tert-OH is 1. The summed E-state index contributed by atoms with van der Waals surface area (Å²) >= 11 is 1.59. The fourth-order valence-corrected chi connectivity index (χ4v) is 8.50. The molecule has 3 heterocycles. The van der Waals surface area contributed by atoms with E-state index in [0.29, 0.717) is 32.0 Å². The Labute approximate surface area is 364 Å². The fraction of sp³-hybridized carbons (Fsp3) is 0.489. The van der Waals surface area contributed by atoms with Gasteiger partial charge < -0.3 is 35.6 Å². The number of carbonyl (C=O) groups excluding carboxylic acids is 4. The molecule has 0 aliphatic carbocycles. The SMILES string of the molecule is COC(=O)NC(C(=O)NC(Cc1ccc(-c2ccccn2)cc1)C(O)CC(Cc1ccccc1)NC(=O)C(N1CCN(Cc2csc(C(C)C)n2)C1=O)C(C)(C)C)C(C)(C)C. The lowest BCUT2D eigenvalue weighted by Crippen LogP contribution is -2.59. The summed E-state index contributed by atoms with van der Waals surface area (Å²) in [6.07, 6.45) is 0.531. The van der Waals surface area contributed by atoms with Gasteiger partial charge in [0.2, 0.25) is 11.8 Å².